The van der Waals surface area contributed by atoms with Crippen molar-refractivity contribution >= 4 is 22.9 Å². The number of hydrogen-bond acceptors (Lipinski definition) is 6. The van der Waals surface area contributed by atoms with Gasteiger partial charge >= 0.3 is 5.97 Å². The van der Waals surface area contributed by atoms with E-state index < -0.39 is 12.1 Å². The van der Waals surface area contributed by atoms with Crippen molar-refractivity contribution in [2.45, 2.75) is 45.6 Å². The number of carbonyl (C=O) groups is 2. The van der Waals surface area contributed by atoms with Crippen LogP contribution in [0.2, 0.25) is 0 Å². The zero-order chi connectivity index (χ0) is 15.1. The Morgan fingerprint density at radius 3 is 2.76 bits per heavy atom. The molecule has 0 radical (unpaired) electrons. The quantitative estimate of drug-likeness (QED) is 0.804. The number of rotatable bonds is 4. The van der Waals surface area contributed by atoms with Gasteiger partial charge in [-0.25, -0.2) is 9.78 Å². The summed E-state index contributed by atoms with van der Waals surface area (Å²) in [5.41, 5.74) is 2.12. The van der Waals surface area contributed by atoms with E-state index in [0.717, 1.165) is 18.5 Å². The lowest BCUT2D eigenvalue weighted by Gasteiger charge is -2.11. The minimum atomic E-state index is -0.773. The lowest BCUT2D eigenvalue weighted by molar-refractivity contribution is -0.124. The minimum absolute atomic E-state index is 0.196. The zero-order valence-corrected chi connectivity index (χ0v) is 12.2. The Hall–Kier alpha value is -2.24. The van der Waals surface area contributed by atoms with Gasteiger partial charge in [-0.2, -0.15) is 0 Å². The highest BCUT2D eigenvalue weighted by Crippen LogP contribution is 2.40. The highest BCUT2D eigenvalue weighted by atomic mass is 16.5. The second-order valence-electron chi connectivity index (χ2n) is 5.48. The first-order valence-corrected chi connectivity index (χ1v) is 6.95. The fraction of sp³-hybridized carbons (Fsp3) is 0.467. The summed E-state index contributed by atoms with van der Waals surface area (Å²) < 4.78 is 10.4. The van der Waals surface area contributed by atoms with Gasteiger partial charge in [-0.15, -0.1) is 0 Å². The molecule has 0 aromatic carbocycles. The number of aryl methyl sites for hydroxylation is 1. The van der Waals surface area contributed by atoms with Crippen LogP contribution in [0.5, 0.6) is 0 Å². The molecule has 0 spiro atoms. The van der Waals surface area contributed by atoms with Crippen LogP contribution in [-0.2, 0) is 9.53 Å². The van der Waals surface area contributed by atoms with E-state index in [2.05, 4.69) is 10.1 Å². The summed E-state index contributed by atoms with van der Waals surface area (Å²) in [6.45, 7) is 4.69. The molecule has 1 aliphatic rings. The van der Waals surface area contributed by atoms with Gasteiger partial charge in [0.05, 0.1) is 16.6 Å². The maximum atomic E-state index is 12.3. The topological polar surface area (TPSA) is 82.3 Å². The van der Waals surface area contributed by atoms with Gasteiger partial charge in [0, 0.05) is 11.6 Å². The maximum Gasteiger partial charge on any atom is 0.339 e. The molecular weight excluding hydrogens is 272 g/mol. The van der Waals surface area contributed by atoms with Crippen LogP contribution in [0.25, 0.3) is 11.1 Å². The Bertz CT molecular complexity index is 731. The number of Topliss-reactive ketones (excluding diaryl/α,β-unsaturated/α-hetero) is 1. The molecule has 1 unspecified atom stereocenters. The van der Waals surface area contributed by atoms with Crippen molar-refractivity contribution in [3.8, 4) is 0 Å². The Balaban J connectivity index is 2.04. The molecule has 1 atom stereocenters. The molecule has 1 aliphatic carbocycles. The first-order valence-electron chi connectivity index (χ1n) is 6.95. The summed E-state index contributed by atoms with van der Waals surface area (Å²) in [7, 11) is 0. The molecule has 1 fully saturated rings. The standard InChI is InChI=1S/C15H16N2O4/c1-7-13-11(15(19)20-9(3)8(2)18)6-12(10-4-5-10)16-14(13)21-17-7/h6,9-10H,4-5H2,1-3H3. The van der Waals surface area contributed by atoms with E-state index in [1.807, 2.05) is 0 Å². The third-order valence-corrected chi connectivity index (χ3v) is 3.71. The zero-order valence-electron chi connectivity index (χ0n) is 12.2. The third kappa shape index (κ3) is 2.53. The third-order valence-electron chi connectivity index (χ3n) is 3.71. The molecule has 110 valence electrons. The number of esters is 1. The molecular formula is C15H16N2O4. The molecule has 6 nitrogen and oxygen atoms in total. The van der Waals surface area contributed by atoms with E-state index in [0.29, 0.717) is 28.3 Å². The van der Waals surface area contributed by atoms with E-state index >= 15 is 0 Å². The number of ether oxygens (including phenoxy) is 1. The summed E-state index contributed by atoms with van der Waals surface area (Å²) in [5, 5.41) is 4.42. The Morgan fingerprint density at radius 1 is 1.43 bits per heavy atom. The van der Waals surface area contributed by atoms with Crippen LogP contribution in [0.1, 0.15) is 54.4 Å². The number of hydrogen-bond donors (Lipinski definition) is 0. The predicted octanol–water partition coefficient (Wildman–Crippen LogP) is 2.54. The van der Waals surface area contributed by atoms with Gasteiger partial charge in [0.15, 0.2) is 11.9 Å². The summed E-state index contributed by atoms with van der Waals surface area (Å²) in [6.07, 6.45) is 1.35. The normalized spacial score (nSPS) is 16.0. The fourth-order valence-corrected chi connectivity index (χ4v) is 2.17. The van der Waals surface area contributed by atoms with Crippen LogP contribution in [0, 0.1) is 6.92 Å². The van der Waals surface area contributed by atoms with E-state index in [1.54, 1.807) is 19.9 Å². The lowest BCUT2D eigenvalue weighted by Crippen LogP contribution is -2.22. The Kier molecular flexibility index (Phi) is 3.23. The number of fused-ring (bicyclic) bond motifs is 1. The summed E-state index contributed by atoms with van der Waals surface area (Å²) in [5.74, 6) is -0.368. The molecule has 3 rings (SSSR count). The second-order valence-corrected chi connectivity index (χ2v) is 5.48. The van der Waals surface area contributed by atoms with Crippen molar-refractivity contribution in [1.82, 2.24) is 10.1 Å². The molecule has 0 saturated heterocycles. The molecule has 21 heavy (non-hydrogen) atoms. The predicted molar refractivity (Wildman–Crippen MR) is 74.1 cm³/mol. The molecule has 2 aromatic heterocycles. The van der Waals surface area contributed by atoms with Gasteiger partial charge in [-0.3, -0.25) is 4.79 Å². The van der Waals surface area contributed by atoms with Crippen molar-refractivity contribution in [2.75, 3.05) is 0 Å². The van der Waals surface area contributed by atoms with Crippen molar-refractivity contribution in [3.05, 3.63) is 23.0 Å². The van der Waals surface area contributed by atoms with Crippen molar-refractivity contribution in [1.29, 1.82) is 0 Å². The van der Waals surface area contributed by atoms with Crippen molar-refractivity contribution < 1.29 is 18.8 Å². The lowest BCUT2D eigenvalue weighted by atomic mass is 10.1. The van der Waals surface area contributed by atoms with Gasteiger partial charge in [0.25, 0.3) is 5.71 Å². The number of pyridine rings is 1. The highest BCUT2D eigenvalue weighted by molar-refractivity contribution is 6.04. The monoisotopic (exact) mass is 288 g/mol. The molecule has 0 aliphatic heterocycles. The van der Waals surface area contributed by atoms with Crippen molar-refractivity contribution in [2.24, 2.45) is 0 Å². The van der Waals surface area contributed by atoms with E-state index in [1.165, 1.54) is 6.92 Å². The average molecular weight is 288 g/mol. The number of carbonyl (C=O) groups excluding carboxylic acids is 2. The van der Waals surface area contributed by atoms with Crippen LogP contribution in [-0.4, -0.2) is 28.0 Å². The summed E-state index contributed by atoms with van der Waals surface area (Å²) in [4.78, 5) is 28.0. The Morgan fingerprint density at radius 2 is 2.14 bits per heavy atom. The first-order chi connectivity index (χ1) is 9.97. The van der Waals surface area contributed by atoms with Gasteiger partial charge < -0.3 is 9.26 Å². The highest BCUT2D eigenvalue weighted by Gasteiger charge is 2.29. The average Bonchev–Trinajstić information content (AvgIpc) is 3.22. The number of aromatic nitrogens is 2. The van der Waals surface area contributed by atoms with Crippen LogP contribution < -0.4 is 0 Å². The van der Waals surface area contributed by atoms with Crippen LogP contribution in [0.15, 0.2) is 10.6 Å². The SMILES string of the molecule is CC(=O)C(C)OC(=O)c1cc(C2CC2)nc2onc(C)c12. The molecule has 0 N–H and O–H groups in total. The molecule has 1 saturated carbocycles. The van der Waals surface area contributed by atoms with Gasteiger partial charge in [-0.1, -0.05) is 5.16 Å². The Labute approximate surface area is 121 Å². The molecule has 0 amide bonds. The van der Waals surface area contributed by atoms with E-state index in [-0.39, 0.29) is 5.78 Å². The first kappa shape index (κ1) is 13.7. The van der Waals surface area contributed by atoms with E-state index in [4.69, 9.17) is 9.26 Å². The molecule has 2 aromatic rings. The van der Waals surface area contributed by atoms with E-state index in [9.17, 15) is 9.59 Å². The largest absolute Gasteiger partial charge is 0.451 e. The van der Waals surface area contributed by atoms with Crippen molar-refractivity contribution in [3.63, 3.8) is 0 Å². The summed E-state index contributed by atoms with van der Waals surface area (Å²) >= 11 is 0. The smallest absolute Gasteiger partial charge is 0.339 e. The van der Waals surface area contributed by atoms with Crippen LogP contribution >= 0.6 is 0 Å². The molecule has 2 heterocycles. The maximum absolute atomic E-state index is 12.3. The minimum Gasteiger partial charge on any atom is -0.451 e. The number of nitrogens with zero attached hydrogens (tertiary/aromatic N) is 2. The van der Waals surface area contributed by atoms with Crippen LogP contribution in [0.3, 0.4) is 0 Å². The van der Waals surface area contributed by atoms with Crippen LogP contribution in [0.4, 0.5) is 0 Å². The van der Waals surface area contributed by atoms with Gasteiger partial charge in [0.2, 0.25) is 0 Å². The number of ketones is 1. The molecule has 0 bridgehead atoms. The molecule has 6 heteroatoms. The summed E-state index contributed by atoms with van der Waals surface area (Å²) in [6, 6.07) is 1.74. The fourth-order valence-electron chi connectivity index (χ4n) is 2.17. The van der Waals surface area contributed by atoms with Gasteiger partial charge in [0.1, 0.15) is 0 Å². The van der Waals surface area contributed by atoms with Gasteiger partial charge in [-0.05, 0) is 39.7 Å². The second kappa shape index (κ2) is 4.95.